The second-order valence-electron chi connectivity index (χ2n) is 3.42. The summed E-state index contributed by atoms with van der Waals surface area (Å²) in [5.74, 6) is 0. The van der Waals surface area contributed by atoms with E-state index in [4.69, 9.17) is 0 Å². The van der Waals surface area contributed by atoms with Gasteiger partial charge in [0.2, 0.25) is 0 Å². The van der Waals surface area contributed by atoms with Crippen LogP contribution in [0.5, 0.6) is 0 Å². The van der Waals surface area contributed by atoms with E-state index in [1.807, 2.05) is 0 Å². The Morgan fingerprint density at radius 1 is 1.08 bits per heavy atom. The van der Waals surface area contributed by atoms with Gasteiger partial charge in [0.15, 0.2) is 0 Å². The first-order valence-corrected chi connectivity index (χ1v) is 4.90. The first-order valence-electron chi connectivity index (χ1n) is 4.90. The Morgan fingerprint density at radius 3 is 2.77 bits per heavy atom. The molecule has 0 spiro atoms. The van der Waals surface area contributed by atoms with E-state index >= 15 is 0 Å². The van der Waals surface area contributed by atoms with Crippen LogP contribution in [-0.4, -0.2) is 6.54 Å². The van der Waals surface area contributed by atoms with Crippen LogP contribution in [0.25, 0.3) is 0 Å². The molecule has 1 N–H and O–H groups in total. The summed E-state index contributed by atoms with van der Waals surface area (Å²) in [5.41, 5.74) is 1.41. The SMILES string of the molecule is C1=CCNC(c2ccccc2)CC1. The van der Waals surface area contributed by atoms with E-state index in [0.717, 1.165) is 6.54 Å². The van der Waals surface area contributed by atoms with Crippen LogP contribution in [0.4, 0.5) is 0 Å². The molecule has 0 fully saturated rings. The highest BCUT2D eigenvalue weighted by atomic mass is 14.9. The Morgan fingerprint density at radius 2 is 1.92 bits per heavy atom. The molecular weight excluding hydrogens is 158 g/mol. The number of benzene rings is 1. The molecular formula is C12H15N. The monoisotopic (exact) mass is 173 g/mol. The van der Waals surface area contributed by atoms with E-state index in [9.17, 15) is 0 Å². The fraction of sp³-hybridized carbons (Fsp3) is 0.333. The molecule has 0 saturated carbocycles. The first-order chi connectivity index (χ1) is 6.47. The standard InChI is InChI=1S/C12H15N/c1-3-7-11(8-4-1)12-9-5-2-6-10-13-12/h1-4,6-8,12-13H,5,9-10H2. The molecule has 1 atom stereocenters. The van der Waals surface area contributed by atoms with E-state index in [1.54, 1.807) is 0 Å². The molecule has 0 aliphatic carbocycles. The van der Waals surface area contributed by atoms with E-state index < -0.39 is 0 Å². The number of rotatable bonds is 1. The first kappa shape index (κ1) is 8.52. The zero-order chi connectivity index (χ0) is 8.93. The Hall–Kier alpha value is -1.08. The lowest BCUT2D eigenvalue weighted by Gasteiger charge is -2.15. The molecule has 0 aromatic heterocycles. The summed E-state index contributed by atoms with van der Waals surface area (Å²) in [7, 11) is 0. The maximum absolute atomic E-state index is 3.51. The van der Waals surface area contributed by atoms with Crippen molar-refractivity contribution in [1.29, 1.82) is 0 Å². The zero-order valence-electron chi connectivity index (χ0n) is 7.74. The van der Waals surface area contributed by atoms with Gasteiger partial charge >= 0.3 is 0 Å². The number of hydrogen-bond acceptors (Lipinski definition) is 1. The van der Waals surface area contributed by atoms with Crippen LogP contribution in [-0.2, 0) is 0 Å². The highest BCUT2D eigenvalue weighted by Gasteiger charge is 2.09. The van der Waals surface area contributed by atoms with Gasteiger partial charge < -0.3 is 5.32 Å². The fourth-order valence-corrected chi connectivity index (χ4v) is 1.75. The summed E-state index contributed by atoms with van der Waals surface area (Å²) in [6, 6.07) is 11.2. The highest BCUT2D eigenvalue weighted by Crippen LogP contribution is 2.19. The summed E-state index contributed by atoms with van der Waals surface area (Å²) < 4.78 is 0. The van der Waals surface area contributed by atoms with Gasteiger partial charge in [-0.3, -0.25) is 0 Å². The predicted molar refractivity (Wildman–Crippen MR) is 55.6 cm³/mol. The Balaban J connectivity index is 2.09. The van der Waals surface area contributed by atoms with E-state index in [1.165, 1.54) is 18.4 Å². The molecule has 1 heteroatoms. The minimum absolute atomic E-state index is 0.538. The van der Waals surface area contributed by atoms with Crippen LogP contribution >= 0.6 is 0 Å². The molecule has 1 unspecified atom stereocenters. The van der Waals surface area contributed by atoms with E-state index in [-0.39, 0.29) is 0 Å². The average Bonchev–Trinajstić information content (AvgIpc) is 2.47. The summed E-state index contributed by atoms with van der Waals surface area (Å²) in [4.78, 5) is 0. The summed E-state index contributed by atoms with van der Waals surface area (Å²) in [6.07, 6.45) is 6.87. The Labute approximate surface area is 79.5 Å². The lowest BCUT2D eigenvalue weighted by atomic mass is 10.0. The van der Waals surface area contributed by atoms with Gasteiger partial charge in [-0.1, -0.05) is 42.5 Å². The van der Waals surface area contributed by atoms with Crippen molar-refractivity contribution in [2.75, 3.05) is 6.54 Å². The molecule has 0 saturated heterocycles. The third kappa shape index (κ3) is 2.19. The molecule has 1 heterocycles. The average molecular weight is 173 g/mol. The molecule has 0 amide bonds. The van der Waals surface area contributed by atoms with Gasteiger partial charge in [0, 0.05) is 12.6 Å². The summed E-state index contributed by atoms with van der Waals surface area (Å²) >= 11 is 0. The van der Waals surface area contributed by atoms with Gasteiger partial charge in [-0.2, -0.15) is 0 Å². The maximum Gasteiger partial charge on any atom is 0.0325 e. The van der Waals surface area contributed by atoms with Crippen LogP contribution in [0, 0.1) is 0 Å². The van der Waals surface area contributed by atoms with Crippen LogP contribution in [0.3, 0.4) is 0 Å². The Bertz CT molecular complexity index is 266. The fourth-order valence-electron chi connectivity index (χ4n) is 1.75. The third-order valence-electron chi connectivity index (χ3n) is 2.47. The molecule has 0 bridgehead atoms. The van der Waals surface area contributed by atoms with E-state index in [0.29, 0.717) is 6.04 Å². The van der Waals surface area contributed by atoms with Crippen molar-refractivity contribution in [3.63, 3.8) is 0 Å². The topological polar surface area (TPSA) is 12.0 Å². The van der Waals surface area contributed by atoms with Crippen LogP contribution in [0.15, 0.2) is 42.5 Å². The third-order valence-corrected chi connectivity index (χ3v) is 2.47. The normalized spacial score (nSPS) is 22.6. The number of allylic oxidation sites excluding steroid dienone is 1. The maximum atomic E-state index is 3.51. The van der Waals surface area contributed by atoms with Crippen LogP contribution in [0.2, 0.25) is 0 Å². The molecule has 13 heavy (non-hydrogen) atoms. The second-order valence-corrected chi connectivity index (χ2v) is 3.42. The summed E-state index contributed by atoms with van der Waals surface area (Å²) in [5, 5.41) is 3.51. The van der Waals surface area contributed by atoms with Crippen LogP contribution in [0.1, 0.15) is 24.4 Å². The molecule has 1 aromatic carbocycles. The quantitative estimate of drug-likeness (QED) is 0.644. The largest absolute Gasteiger partial charge is 0.306 e. The van der Waals surface area contributed by atoms with Gasteiger partial charge in [0.25, 0.3) is 0 Å². The van der Waals surface area contributed by atoms with Crippen molar-refractivity contribution in [2.24, 2.45) is 0 Å². The van der Waals surface area contributed by atoms with Gasteiger partial charge in [-0.05, 0) is 18.4 Å². The highest BCUT2D eigenvalue weighted by molar-refractivity contribution is 5.19. The zero-order valence-corrected chi connectivity index (χ0v) is 7.74. The van der Waals surface area contributed by atoms with Crippen molar-refractivity contribution < 1.29 is 0 Å². The van der Waals surface area contributed by atoms with Crippen molar-refractivity contribution in [2.45, 2.75) is 18.9 Å². The molecule has 68 valence electrons. The second kappa shape index (κ2) is 4.24. The molecule has 1 nitrogen and oxygen atoms in total. The molecule has 1 aromatic rings. The predicted octanol–water partition coefficient (Wildman–Crippen LogP) is 2.67. The van der Waals surface area contributed by atoms with Crippen molar-refractivity contribution in [3.8, 4) is 0 Å². The Kier molecular flexibility index (Phi) is 2.78. The molecule has 1 aliphatic heterocycles. The number of hydrogen-bond donors (Lipinski definition) is 1. The lowest BCUT2D eigenvalue weighted by molar-refractivity contribution is 0.544. The van der Waals surface area contributed by atoms with Crippen molar-refractivity contribution in [3.05, 3.63) is 48.0 Å². The van der Waals surface area contributed by atoms with E-state index in [2.05, 4.69) is 47.8 Å². The minimum atomic E-state index is 0.538. The summed E-state index contributed by atoms with van der Waals surface area (Å²) in [6.45, 7) is 1.000. The smallest absolute Gasteiger partial charge is 0.0325 e. The van der Waals surface area contributed by atoms with Crippen molar-refractivity contribution in [1.82, 2.24) is 5.32 Å². The lowest BCUT2D eigenvalue weighted by Crippen LogP contribution is -2.19. The van der Waals surface area contributed by atoms with Crippen molar-refractivity contribution >= 4 is 0 Å². The van der Waals surface area contributed by atoms with Crippen LogP contribution < -0.4 is 5.32 Å². The molecule has 1 aliphatic rings. The van der Waals surface area contributed by atoms with Gasteiger partial charge in [-0.15, -0.1) is 0 Å². The number of nitrogens with one attached hydrogen (secondary N) is 1. The van der Waals surface area contributed by atoms with Gasteiger partial charge in [0.1, 0.15) is 0 Å². The van der Waals surface area contributed by atoms with Gasteiger partial charge in [0.05, 0.1) is 0 Å². The minimum Gasteiger partial charge on any atom is -0.306 e. The molecule has 2 rings (SSSR count). The molecule has 0 radical (unpaired) electrons. The van der Waals surface area contributed by atoms with Gasteiger partial charge in [-0.25, -0.2) is 0 Å².